The van der Waals surface area contributed by atoms with E-state index in [-0.39, 0.29) is 5.91 Å². The summed E-state index contributed by atoms with van der Waals surface area (Å²) in [5.41, 5.74) is 4.10. The first-order chi connectivity index (χ1) is 12.5. The lowest BCUT2D eigenvalue weighted by Gasteiger charge is -2.14. The van der Waals surface area contributed by atoms with Crippen LogP contribution < -0.4 is 0 Å². The van der Waals surface area contributed by atoms with Crippen LogP contribution in [0.2, 0.25) is 0 Å². The van der Waals surface area contributed by atoms with Crippen LogP contribution in [0.1, 0.15) is 29.3 Å². The van der Waals surface area contributed by atoms with E-state index >= 15 is 0 Å². The molecule has 0 unspecified atom stereocenters. The molecule has 0 saturated carbocycles. The highest BCUT2D eigenvalue weighted by Crippen LogP contribution is 2.17. The molecule has 0 radical (unpaired) electrons. The average Bonchev–Trinajstić information content (AvgIpc) is 3.19. The largest absolute Gasteiger partial charge is 0.337 e. The number of amides is 1. The summed E-state index contributed by atoms with van der Waals surface area (Å²) >= 11 is 0. The van der Waals surface area contributed by atoms with Crippen LogP contribution in [0.25, 0.3) is 11.4 Å². The van der Waals surface area contributed by atoms with Gasteiger partial charge in [0.1, 0.15) is 0 Å². The Morgan fingerprint density at radius 1 is 1.23 bits per heavy atom. The monoisotopic (exact) mass is 353 g/mol. The van der Waals surface area contributed by atoms with Crippen LogP contribution >= 0.6 is 0 Å². The van der Waals surface area contributed by atoms with Gasteiger partial charge < -0.3 is 9.42 Å². The van der Waals surface area contributed by atoms with Crippen LogP contribution in [0.15, 0.2) is 34.9 Å². The predicted octanol–water partition coefficient (Wildman–Crippen LogP) is 2.68. The summed E-state index contributed by atoms with van der Waals surface area (Å²) in [5.74, 6) is 0.989. The van der Waals surface area contributed by atoms with Gasteiger partial charge in [0.05, 0.1) is 12.2 Å². The van der Waals surface area contributed by atoms with Crippen molar-refractivity contribution >= 4 is 5.91 Å². The van der Waals surface area contributed by atoms with Gasteiger partial charge in [-0.05, 0) is 25.8 Å². The molecule has 0 aliphatic carbocycles. The standard InChI is InChI=1S/C19H23N5O2/c1-13-16(14(2)24(4)21-13)10-11-18(25)23(3)12-17-20-19(22-26-17)15-8-6-5-7-9-15/h5-9H,10-12H2,1-4H3. The van der Waals surface area contributed by atoms with Gasteiger partial charge >= 0.3 is 0 Å². The zero-order valence-electron chi connectivity index (χ0n) is 15.6. The number of rotatable bonds is 6. The van der Waals surface area contributed by atoms with Crippen molar-refractivity contribution in [2.24, 2.45) is 7.05 Å². The molecule has 3 rings (SSSR count). The zero-order chi connectivity index (χ0) is 18.7. The molecule has 2 heterocycles. The van der Waals surface area contributed by atoms with Crippen LogP contribution in [0.4, 0.5) is 0 Å². The lowest BCUT2D eigenvalue weighted by Crippen LogP contribution is -2.26. The van der Waals surface area contributed by atoms with Gasteiger partial charge in [-0.25, -0.2) is 0 Å². The Kier molecular flexibility index (Phi) is 5.16. The van der Waals surface area contributed by atoms with E-state index in [1.807, 2.05) is 55.9 Å². The normalized spacial score (nSPS) is 10.9. The Labute approximate surface area is 152 Å². The molecule has 136 valence electrons. The third-order valence-electron chi connectivity index (χ3n) is 4.55. The average molecular weight is 353 g/mol. The van der Waals surface area contributed by atoms with E-state index in [2.05, 4.69) is 15.2 Å². The van der Waals surface area contributed by atoms with Crippen molar-refractivity contribution in [2.75, 3.05) is 7.05 Å². The van der Waals surface area contributed by atoms with Crippen LogP contribution in [-0.4, -0.2) is 37.8 Å². The molecule has 7 nitrogen and oxygen atoms in total. The van der Waals surface area contributed by atoms with Gasteiger partial charge in [0, 0.05) is 31.8 Å². The maximum absolute atomic E-state index is 12.4. The first-order valence-corrected chi connectivity index (χ1v) is 8.56. The number of benzene rings is 1. The highest BCUT2D eigenvalue weighted by Gasteiger charge is 2.16. The zero-order valence-corrected chi connectivity index (χ0v) is 15.6. The van der Waals surface area contributed by atoms with E-state index in [1.54, 1.807) is 11.9 Å². The van der Waals surface area contributed by atoms with Gasteiger partial charge in [0.2, 0.25) is 17.6 Å². The number of hydrogen-bond acceptors (Lipinski definition) is 5. The Bertz CT molecular complexity index is 898. The number of hydrogen-bond donors (Lipinski definition) is 0. The number of aromatic nitrogens is 4. The van der Waals surface area contributed by atoms with Crippen molar-refractivity contribution in [1.29, 1.82) is 0 Å². The van der Waals surface area contributed by atoms with Gasteiger partial charge in [0.25, 0.3) is 0 Å². The van der Waals surface area contributed by atoms with Crippen LogP contribution in [0.5, 0.6) is 0 Å². The molecule has 3 aromatic rings. The van der Waals surface area contributed by atoms with E-state index in [9.17, 15) is 4.79 Å². The van der Waals surface area contributed by atoms with E-state index in [1.165, 1.54) is 0 Å². The molecular weight excluding hydrogens is 330 g/mol. The lowest BCUT2D eigenvalue weighted by molar-refractivity contribution is -0.130. The van der Waals surface area contributed by atoms with Crippen LogP contribution in [-0.2, 0) is 24.8 Å². The van der Waals surface area contributed by atoms with E-state index in [0.717, 1.165) is 22.5 Å². The quantitative estimate of drug-likeness (QED) is 0.681. The van der Waals surface area contributed by atoms with Crippen molar-refractivity contribution in [3.8, 4) is 11.4 Å². The molecule has 0 N–H and O–H groups in total. The highest BCUT2D eigenvalue weighted by atomic mass is 16.5. The van der Waals surface area contributed by atoms with Crippen molar-refractivity contribution in [1.82, 2.24) is 24.8 Å². The molecule has 0 aliphatic rings. The SMILES string of the molecule is Cc1nn(C)c(C)c1CCC(=O)N(C)Cc1nc(-c2ccccc2)no1. The fraction of sp³-hybridized carbons (Fsp3) is 0.368. The third-order valence-corrected chi connectivity index (χ3v) is 4.55. The van der Waals surface area contributed by atoms with Gasteiger partial charge in [-0.3, -0.25) is 9.48 Å². The number of carbonyl (C=O) groups is 1. The number of nitrogens with zero attached hydrogens (tertiary/aromatic N) is 5. The minimum Gasteiger partial charge on any atom is -0.337 e. The summed E-state index contributed by atoms with van der Waals surface area (Å²) in [7, 11) is 3.66. The van der Waals surface area contributed by atoms with Crippen LogP contribution in [0.3, 0.4) is 0 Å². The van der Waals surface area contributed by atoms with Gasteiger partial charge in [0.15, 0.2) is 0 Å². The molecule has 0 bridgehead atoms. The Morgan fingerprint density at radius 3 is 2.62 bits per heavy atom. The van der Waals surface area contributed by atoms with Gasteiger partial charge in [-0.1, -0.05) is 35.5 Å². The van der Waals surface area contributed by atoms with E-state index in [4.69, 9.17) is 4.52 Å². The number of aryl methyl sites for hydroxylation is 2. The lowest BCUT2D eigenvalue weighted by atomic mass is 10.1. The van der Waals surface area contributed by atoms with E-state index in [0.29, 0.717) is 31.1 Å². The Balaban J connectivity index is 1.58. The maximum Gasteiger partial charge on any atom is 0.246 e. The van der Waals surface area contributed by atoms with Gasteiger partial charge in [-0.15, -0.1) is 0 Å². The van der Waals surface area contributed by atoms with Crippen molar-refractivity contribution in [3.05, 3.63) is 53.2 Å². The molecule has 0 spiro atoms. The Morgan fingerprint density at radius 2 is 1.96 bits per heavy atom. The molecule has 26 heavy (non-hydrogen) atoms. The summed E-state index contributed by atoms with van der Waals surface area (Å²) in [6.45, 7) is 4.29. The molecule has 1 amide bonds. The molecule has 0 fully saturated rings. The summed E-state index contributed by atoms with van der Waals surface area (Å²) in [6.07, 6.45) is 1.09. The minimum absolute atomic E-state index is 0.0344. The van der Waals surface area contributed by atoms with Crippen molar-refractivity contribution in [2.45, 2.75) is 33.2 Å². The Hall–Kier alpha value is -2.96. The van der Waals surface area contributed by atoms with Gasteiger partial charge in [-0.2, -0.15) is 10.1 Å². The maximum atomic E-state index is 12.4. The second kappa shape index (κ2) is 7.51. The molecule has 7 heteroatoms. The summed E-state index contributed by atoms with van der Waals surface area (Å²) in [6, 6.07) is 9.61. The topological polar surface area (TPSA) is 77.1 Å². The molecule has 0 saturated heterocycles. The fourth-order valence-corrected chi connectivity index (χ4v) is 2.92. The summed E-state index contributed by atoms with van der Waals surface area (Å²) < 4.78 is 7.13. The summed E-state index contributed by atoms with van der Waals surface area (Å²) in [4.78, 5) is 18.4. The van der Waals surface area contributed by atoms with Crippen LogP contribution in [0, 0.1) is 13.8 Å². The highest BCUT2D eigenvalue weighted by molar-refractivity contribution is 5.76. The molecule has 0 aliphatic heterocycles. The minimum atomic E-state index is 0.0344. The predicted molar refractivity (Wildman–Crippen MR) is 97.2 cm³/mol. The second-order valence-electron chi connectivity index (χ2n) is 6.40. The van der Waals surface area contributed by atoms with E-state index < -0.39 is 0 Å². The van der Waals surface area contributed by atoms with Crippen molar-refractivity contribution in [3.63, 3.8) is 0 Å². The van der Waals surface area contributed by atoms with Crippen molar-refractivity contribution < 1.29 is 9.32 Å². The second-order valence-corrected chi connectivity index (χ2v) is 6.40. The molecule has 2 aromatic heterocycles. The number of carbonyl (C=O) groups excluding carboxylic acids is 1. The molecule has 0 atom stereocenters. The fourth-order valence-electron chi connectivity index (χ4n) is 2.92. The summed E-state index contributed by atoms with van der Waals surface area (Å²) in [5, 5.41) is 8.37. The first kappa shape index (κ1) is 17.8. The smallest absolute Gasteiger partial charge is 0.246 e. The third kappa shape index (κ3) is 3.82. The molecule has 1 aromatic carbocycles. The molecular formula is C19H23N5O2. The first-order valence-electron chi connectivity index (χ1n) is 8.56.